The first-order valence-electron chi connectivity index (χ1n) is 9.02. The fourth-order valence-electron chi connectivity index (χ4n) is 2.54. The Bertz CT molecular complexity index is 997. The lowest BCUT2D eigenvalue weighted by atomic mass is 10.1. The van der Waals surface area contributed by atoms with Crippen molar-refractivity contribution >= 4 is 21.5 Å². The zero-order chi connectivity index (χ0) is 22.5. The first-order valence-corrected chi connectivity index (χ1v) is 10.5. The van der Waals surface area contributed by atoms with Crippen LogP contribution in [0.2, 0.25) is 0 Å². The van der Waals surface area contributed by atoms with Crippen molar-refractivity contribution in [2.75, 3.05) is 18.2 Å². The highest BCUT2D eigenvalue weighted by atomic mass is 32.2. The van der Waals surface area contributed by atoms with Crippen LogP contribution in [0, 0.1) is 13.8 Å². The molecular formula is C19H25N3O7S. The first kappa shape index (κ1) is 23.9. The van der Waals surface area contributed by atoms with Crippen LogP contribution in [-0.4, -0.2) is 64.9 Å². The molecule has 11 heteroatoms. The van der Waals surface area contributed by atoms with Crippen LogP contribution in [-0.2, 0) is 10.1 Å². The summed E-state index contributed by atoms with van der Waals surface area (Å²) in [6, 6.07) is 10.5. The van der Waals surface area contributed by atoms with Crippen molar-refractivity contribution in [3.63, 3.8) is 0 Å². The van der Waals surface area contributed by atoms with Crippen LogP contribution in [0.1, 0.15) is 11.1 Å². The number of nitrogens with zero attached hydrogens (tertiary/aromatic N) is 3. The van der Waals surface area contributed by atoms with E-state index in [2.05, 4.69) is 10.3 Å². The second-order valence-electron chi connectivity index (χ2n) is 6.82. The average molecular weight is 439 g/mol. The van der Waals surface area contributed by atoms with E-state index in [1.54, 1.807) is 12.1 Å². The molecule has 2 rings (SSSR count). The van der Waals surface area contributed by atoms with Gasteiger partial charge in [-0.15, -0.1) is 5.11 Å². The largest absolute Gasteiger partial charge is 0.394 e. The van der Waals surface area contributed by atoms with Gasteiger partial charge in [-0.3, -0.25) is 4.55 Å². The quantitative estimate of drug-likeness (QED) is 0.220. The average Bonchev–Trinajstić information content (AvgIpc) is 2.71. The number of anilines is 1. The zero-order valence-electron chi connectivity index (χ0n) is 16.5. The molecule has 0 radical (unpaired) electrons. The van der Waals surface area contributed by atoms with Gasteiger partial charge in [0, 0.05) is 0 Å². The lowest BCUT2D eigenvalue weighted by Gasteiger charge is -2.26. The predicted octanol–water partition coefficient (Wildman–Crippen LogP) is 1.13. The molecule has 2 aromatic rings. The highest BCUT2D eigenvalue weighted by Crippen LogP contribution is 2.23. The van der Waals surface area contributed by atoms with E-state index in [4.69, 9.17) is 9.66 Å². The van der Waals surface area contributed by atoms with Crippen LogP contribution in [0.4, 0.5) is 11.4 Å². The van der Waals surface area contributed by atoms with E-state index in [0.29, 0.717) is 5.69 Å². The maximum Gasteiger partial charge on any atom is 0.294 e. The number of hydrogen-bond donors (Lipinski definition) is 5. The minimum absolute atomic E-state index is 0.129. The Morgan fingerprint density at radius 2 is 1.70 bits per heavy atom. The fraction of sp³-hybridized carbons (Fsp3) is 0.368. The summed E-state index contributed by atoms with van der Waals surface area (Å²) in [6.07, 6.45) is -4.64. The zero-order valence-corrected chi connectivity index (χ0v) is 17.3. The third kappa shape index (κ3) is 6.29. The van der Waals surface area contributed by atoms with E-state index in [9.17, 15) is 23.7 Å². The smallest absolute Gasteiger partial charge is 0.294 e. The van der Waals surface area contributed by atoms with Gasteiger partial charge in [0.2, 0.25) is 0 Å². The number of benzene rings is 2. The summed E-state index contributed by atoms with van der Waals surface area (Å²) in [6.45, 7) is 2.79. The Labute approximate surface area is 174 Å². The monoisotopic (exact) mass is 439 g/mol. The van der Waals surface area contributed by atoms with Crippen molar-refractivity contribution in [2.45, 2.75) is 37.1 Å². The SMILES string of the molecule is Cc1ccc(N(C[C@@H](O)[C@H](O)[C@H](O)CO)N=Nc2cccc(S(=O)(=O)O)c2)cc1C. The Morgan fingerprint density at radius 3 is 2.30 bits per heavy atom. The summed E-state index contributed by atoms with van der Waals surface area (Å²) in [5.74, 6) is 0. The van der Waals surface area contributed by atoms with E-state index in [0.717, 1.165) is 17.2 Å². The maximum atomic E-state index is 11.3. The summed E-state index contributed by atoms with van der Waals surface area (Å²) in [5.41, 5.74) is 2.61. The van der Waals surface area contributed by atoms with Crippen molar-refractivity contribution in [3.8, 4) is 0 Å². The van der Waals surface area contributed by atoms with Crippen LogP contribution in [0.15, 0.2) is 57.7 Å². The summed E-state index contributed by atoms with van der Waals surface area (Å²) in [5, 5.41) is 48.0. The van der Waals surface area contributed by atoms with Gasteiger partial charge >= 0.3 is 0 Å². The van der Waals surface area contributed by atoms with Crippen LogP contribution in [0.25, 0.3) is 0 Å². The Morgan fingerprint density at radius 1 is 1.00 bits per heavy atom. The minimum Gasteiger partial charge on any atom is -0.394 e. The summed E-state index contributed by atoms with van der Waals surface area (Å²) in [7, 11) is -4.41. The van der Waals surface area contributed by atoms with Crippen molar-refractivity contribution in [1.29, 1.82) is 0 Å². The van der Waals surface area contributed by atoms with Crippen molar-refractivity contribution in [3.05, 3.63) is 53.6 Å². The third-order valence-corrected chi connectivity index (χ3v) is 5.36. The normalized spacial score (nSPS) is 15.2. The molecule has 0 saturated heterocycles. The van der Waals surface area contributed by atoms with Gasteiger partial charge in [0.1, 0.15) is 18.3 Å². The molecular weight excluding hydrogens is 414 g/mol. The van der Waals surface area contributed by atoms with Gasteiger partial charge in [-0.05, 0) is 55.3 Å². The molecule has 0 aliphatic rings. The molecule has 2 aromatic carbocycles. The van der Waals surface area contributed by atoms with E-state index in [1.165, 1.54) is 23.2 Å². The van der Waals surface area contributed by atoms with Gasteiger partial charge in [-0.1, -0.05) is 17.4 Å². The number of rotatable bonds is 9. The lowest BCUT2D eigenvalue weighted by molar-refractivity contribution is -0.0732. The Hall–Kier alpha value is -2.41. The molecule has 0 aromatic heterocycles. The lowest BCUT2D eigenvalue weighted by Crippen LogP contribution is -2.44. The number of aryl methyl sites for hydroxylation is 2. The summed E-state index contributed by atoms with van der Waals surface area (Å²) < 4.78 is 31.8. The van der Waals surface area contributed by atoms with Crippen molar-refractivity contribution < 1.29 is 33.4 Å². The van der Waals surface area contributed by atoms with Crippen LogP contribution >= 0.6 is 0 Å². The number of hydrogen-bond acceptors (Lipinski definition) is 8. The molecule has 10 nitrogen and oxygen atoms in total. The molecule has 30 heavy (non-hydrogen) atoms. The molecule has 0 saturated carbocycles. The molecule has 164 valence electrons. The molecule has 0 fully saturated rings. The molecule has 0 aliphatic heterocycles. The van der Waals surface area contributed by atoms with Gasteiger partial charge in [0.05, 0.1) is 29.4 Å². The summed E-state index contributed by atoms with van der Waals surface area (Å²) in [4.78, 5) is -0.349. The van der Waals surface area contributed by atoms with Gasteiger partial charge in [-0.2, -0.15) is 8.42 Å². The van der Waals surface area contributed by atoms with Crippen molar-refractivity contribution in [1.82, 2.24) is 0 Å². The molecule has 0 aliphatic carbocycles. The number of aliphatic hydroxyl groups excluding tert-OH is 4. The molecule has 0 amide bonds. The number of aliphatic hydroxyl groups is 4. The van der Waals surface area contributed by atoms with E-state index < -0.39 is 35.0 Å². The maximum absolute atomic E-state index is 11.3. The van der Waals surface area contributed by atoms with Gasteiger partial charge in [-0.25, -0.2) is 5.01 Å². The van der Waals surface area contributed by atoms with Gasteiger partial charge < -0.3 is 20.4 Å². The fourth-order valence-corrected chi connectivity index (χ4v) is 3.06. The van der Waals surface area contributed by atoms with E-state index in [1.807, 2.05) is 19.9 Å². The van der Waals surface area contributed by atoms with Crippen LogP contribution in [0.3, 0.4) is 0 Å². The molecule has 0 unspecified atom stereocenters. The van der Waals surface area contributed by atoms with Crippen LogP contribution in [0.5, 0.6) is 0 Å². The predicted molar refractivity (Wildman–Crippen MR) is 109 cm³/mol. The minimum atomic E-state index is -4.41. The Balaban J connectivity index is 2.36. The Kier molecular flexibility index (Phi) is 8.01. The summed E-state index contributed by atoms with van der Waals surface area (Å²) >= 11 is 0. The first-order chi connectivity index (χ1) is 14.0. The standard InChI is InChI=1S/C19H25N3O7S/c1-12-6-7-15(8-13(12)2)22(10-17(24)19(26)18(25)11-23)21-20-14-4-3-5-16(9-14)30(27,28)29/h3-9,17-19,23-26H,10-11H2,1-2H3,(H,27,28,29)/t17-,18-,19+/m1/s1. The van der Waals surface area contributed by atoms with Crippen molar-refractivity contribution in [2.24, 2.45) is 10.3 Å². The molecule has 0 bridgehead atoms. The molecule has 0 heterocycles. The molecule has 5 N–H and O–H groups in total. The third-order valence-electron chi connectivity index (χ3n) is 4.51. The highest BCUT2D eigenvalue weighted by Gasteiger charge is 2.26. The second-order valence-corrected chi connectivity index (χ2v) is 8.24. The topological polar surface area (TPSA) is 163 Å². The van der Waals surface area contributed by atoms with Gasteiger partial charge in [0.25, 0.3) is 10.1 Å². The highest BCUT2D eigenvalue weighted by molar-refractivity contribution is 7.85. The van der Waals surface area contributed by atoms with Crippen LogP contribution < -0.4 is 5.01 Å². The van der Waals surface area contributed by atoms with E-state index in [-0.39, 0.29) is 17.1 Å². The molecule has 0 spiro atoms. The second kappa shape index (κ2) is 10.1. The molecule has 3 atom stereocenters. The van der Waals surface area contributed by atoms with E-state index >= 15 is 0 Å². The van der Waals surface area contributed by atoms with Gasteiger partial charge in [0.15, 0.2) is 0 Å².